The van der Waals surface area contributed by atoms with Crippen LogP contribution in [0.25, 0.3) is 0 Å². The second kappa shape index (κ2) is 4.20. The van der Waals surface area contributed by atoms with E-state index in [4.69, 9.17) is 0 Å². The lowest BCUT2D eigenvalue weighted by molar-refractivity contribution is 0.0935. The molecule has 0 aromatic rings. The lowest BCUT2D eigenvalue weighted by Gasteiger charge is -2.29. The molecule has 0 spiro atoms. The number of nitrogens with zero attached hydrogens (tertiary/aromatic N) is 2. The van der Waals surface area contributed by atoms with Crippen molar-refractivity contribution >= 4 is 12.6 Å². The Kier molecular flexibility index (Phi) is 2.94. The van der Waals surface area contributed by atoms with E-state index in [2.05, 4.69) is 9.98 Å². The summed E-state index contributed by atoms with van der Waals surface area (Å²) in [6.07, 6.45) is 9.66. The summed E-state index contributed by atoms with van der Waals surface area (Å²) >= 11 is 0. The fourth-order valence-corrected chi connectivity index (χ4v) is 2.29. The van der Waals surface area contributed by atoms with Crippen LogP contribution in [0.15, 0.2) is 9.98 Å². The molecule has 2 rings (SSSR count). The Morgan fingerprint density at radius 3 is 2.71 bits per heavy atom. The van der Waals surface area contributed by atoms with Gasteiger partial charge in [-0.1, -0.05) is 19.3 Å². The zero-order valence-electron chi connectivity index (χ0n) is 8.45. The predicted molar refractivity (Wildman–Crippen MR) is 56.9 cm³/mol. The van der Waals surface area contributed by atoms with Crippen molar-refractivity contribution in [2.75, 3.05) is 0 Å². The molecule has 1 saturated carbocycles. The fourth-order valence-electron chi connectivity index (χ4n) is 2.29. The van der Waals surface area contributed by atoms with Gasteiger partial charge < -0.3 is 0 Å². The summed E-state index contributed by atoms with van der Waals surface area (Å²) in [6, 6.07) is 0.143. The minimum absolute atomic E-state index is 0.143. The largest absolute Gasteiger partial charge is 0.264 e. The summed E-state index contributed by atoms with van der Waals surface area (Å²) in [4.78, 5) is 8.05. The first kappa shape index (κ1) is 9.81. The van der Waals surface area contributed by atoms with Crippen LogP contribution in [0.3, 0.4) is 0 Å². The van der Waals surface area contributed by atoms with Crippen molar-refractivity contribution in [1.82, 2.24) is 0 Å². The molecule has 0 bridgehead atoms. The van der Waals surface area contributed by atoms with Crippen LogP contribution in [-0.4, -0.2) is 24.3 Å². The van der Waals surface area contributed by atoms with Gasteiger partial charge in [0.2, 0.25) is 0 Å². The van der Waals surface area contributed by atoms with E-state index in [1.165, 1.54) is 6.42 Å². The van der Waals surface area contributed by atoms with Gasteiger partial charge in [0.15, 0.2) is 0 Å². The normalized spacial score (nSPS) is 29.6. The molecule has 1 aliphatic heterocycles. The molecular formula is C11H17FN2. The number of halogens is 1. The molecule has 0 aromatic carbocycles. The van der Waals surface area contributed by atoms with E-state index in [-0.39, 0.29) is 6.04 Å². The zero-order chi connectivity index (χ0) is 9.86. The molecule has 1 aliphatic carbocycles. The highest BCUT2D eigenvalue weighted by molar-refractivity contribution is 5.82. The van der Waals surface area contributed by atoms with Gasteiger partial charge in [-0.15, -0.1) is 0 Å². The highest BCUT2D eigenvalue weighted by Gasteiger charge is 2.31. The molecule has 1 fully saturated rings. The second-order valence-electron chi connectivity index (χ2n) is 4.38. The monoisotopic (exact) mass is 196 g/mol. The molecule has 0 amide bonds. The molecule has 0 aromatic heterocycles. The van der Waals surface area contributed by atoms with Crippen LogP contribution in [0, 0.1) is 0 Å². The second-order valence-corrected chi connectivity index (χ2v) is 4.38. The van der Waals surface area contributed by atoms with E-state index in [9.17, 15) is 4.39 Å². The fraction of sp³-hybridized carbons (Fsp3) is 0.818. The van der Waals surface area contributed by atoms with E-state index >= 15 is 0 Å². The average Bonchev–Trinajstić information content (AvgIpc) is 2.69. The van der Waals surface area contributed by atoms with Crippen LogP contribution in [0.2, 0.25) is 0 Å². The molecule has 0 saturated heterocycles. The molecule has 1 unspecified atom stereocenters. The molecule has 2 aliphatic rings. The molecular weight excluding hydrogens is 179 g/mol. The van der Waals surface area contributed by atoms with Gasteiger partial charge >= 0.3 is 0 Å². The maximum absolute atomic E-state index is 14.1. The van der Waals surface area contributed by atoms with Crippen molar-refractivity contribution in [3.63, 3.8) is 0 Å². The van der Waals surface area contributed by atoms with Gasteiger partial charge in [-0.3, -0.25) is 4.99 Å². The van der Waals surface area contributed by atoms with Crippen LogP contribution >= 0.6 is 0 Å². The molecule has 1 heterocycles. The van der Waals surface area contributed by atoms with Crippen molar-refractivity contribution in [3.8, 4) is 0 Å². The number of hydrogen-bond donors (Lipinski definition) is 0. The first-order valence-electron chi connectivity index (χ1n) is 5.52. The van der Waals surface area contributed by atoms with Crippen molar-refractivity contribution < 1.29 is 4.39 Å². The predicted octanol–water partition coefficient (Wildman–Crippen LogP) is 2.92. The maximum Gasteiger partial charge on any atom is 0.111 e. The van der Waals surface area contributed by atoms with Gasteiger partial charge in [0.25, 0.3) is 0 Å². The summed E-state index contributed by atoms with van der Waals surface area (Å²) in [5.41, 5.74) is -0.899. The molecule has 0 radical (unpaired) electrons. The zero-order valence-corrected chi connectivity index (χ0v) is 8.45. The van der Waals surface area contributed by atoms with Gasteiger partial charge in [0, 0.05) is 6.21 Å². The molecule has 2 nitrogen and oxygen atoms in total. The van der Waals surface area contributed by atoms with Crippen LogP contribution in [0.1, 0.15) is 44.9 Å². The quantitative estimate of drug-likeness (QED) is 0.663. The van der Waals surface area contributed by atoms with Crippen LogP contribution in [0.4, 0.5) is 4.39 Å². The summed E-state index contributed by atoms with van der Waals surface area (Å²) < 4.78 is 14.1. The van der Waals surface area contributed by atoms with E-state index in [0.29, 0.717) is 6.42 Å². The first-order valence-corrected chi connectivity index (χ1v) is 5.52. The van der Waals surface area contributed by atoms with Crippen molar-refractivity contribution in [2.24, 2.45) is 9.98 Å². The Hall–Kier alpha value is -0.730. The number of hydrogen-bond acceptors (Lipinski definition) is 2. The first-order chi connectivity index (χ1) is 6.79. The SMILES string of the molecule is FC1(CCC2C=NC=N2)CCCCC1. The van der Waals surface area contributed by atoms with Crippen LogP contribution in [0.5, 0.6) is 0 Å². The Bertz CT molecular complexity index is 230. The topological polar surface area (TPSA) is 24.7 Å². The minimum atomic E-state index is -0.899. The number of alkyl halides is 1. The van der Waals surface area contributed by atoms with E-state index < -0.39 is 5.67 Å². The minimum Gasteiger partial charge on any atom is -0.264 e. The summed E-state index contributed by atoms with van der Waals surface area (Å²) in [7, 11) is 0. The standard InChI is InChI=1S/C11H17FN2/c12-11(5-2-1-3-6-11)7-4-10-8-13-9-14-10/h8-10H,1-7H2. The van der Waals surface area contributed by atoms with Gasteiger partial charge in [-0.25, -0.2) is 9.38 Å². The lowest BCUT2D eigenvalue weighted by Crippen LogP contribution is -2.27. The van der Waals surface area contributed by atoms with Crippen molar-refractivity contribution in [3.05, 3.63) is 0 Å². The Morgan fingerprint density at radius 1 is 1.29 bits per heavy atom. The van der Waals surface area contributed by atoms with Gasteiger partial charge in [-0.2, -0.15) is 0 Å². The van der Waals surface area contributed by atoms with Gasteiger partial charge in [0.1, 0.15) is 12.0 Å². The Balaban J connectivity index is 1.78. The summed E-state index contributed by atoms with van der Waals surface area (Å²) in [6.45, 7) is 0. The summed E-state index contributed by atoms with van der Waals surface area (Å²) in [5.74, 6) is 0. The molecule has 0 N–H and O–H groups in total. The molecule has 3 heteroatoms. The van der Waals surface area contributed by atoms with Crippen molar-refractivity contribution in [2.45, 2.75) is 56.7 Å². The van der Waals surface area contributed by atoms with Crippen LogP contribution in [-0.2, 0) is 0 Å². The average molecular weight is 196 g/mol. The van der Waals surface area contributed by atoms with Gasteiger partial charge in [-0.05, 0) is 25.7 Å². The summed E-state index contributed by atoms with van der Waals surface area (Å²) in [5, 5.41) is 0. The Labute approximate surface area is 84.3 Å². The van der Waals surface area contributed by atoms with E-state index in [0.717, 1.165) is 32.1 Å². The highest BCUT2D eigenvalue weighted by atomic mass is 19.1. The molecule has 1 atom stereocenters. The van der Waals surface area contributed by atoms with E-state index in [1.807, 2.05) is 6.21 Å². The van der Waals surface area contributed by atoms with Crippen LogP contribution < -0.4 is 0 Å². The molecule has 14 heavy (non-hydrogen) atoms. The maximum atomic E-state index is 14.1. The van der Waals surface area contributed by atoms with E-state index in [1.54, 1.807) is 6.34 Å². The van der Waals surface area contributed by atoms with Gasteiger partial charge in [0.05, 0.1) is 6.04 Å². The molecule has 78 valence electrons. The highest BCUT2D eigenvalue weighted by Crippen LogP contribution is 2.36. The number of aliphatic imine (C=N–C) groups is 2. The lowest BCUT2D eigenvalue weighted by atomic mass is 9.82. The third-order valence-corrected chi connectivity index (χ3v) is 3.22. The third kappa shape index (κ3) is 2.40. The third-order valence-electron chi connectivity index (χ3n) is 3.22. The van der Waals surface area contributed by atoms with Crippen molar-refractivity contribution in [1.29, 1.82) is 0 Å². The Morgan fingerprint density at radius 2 is 2.07 bits per heavy atom. The smallest absolute Gasteiger partial charge is 0.111 e. The number of rotatable bonds is 3.